The molecular weight excluding hydrogens is 521 g/mol. The Kier molecular flexibility index (Phi) is 7.67. The van der Waals surface area contributed by atoms with Crippen molar-refractivity contribution in [1.82, 2.24) is 0 Å². The molecule has 0 aliphatic heterocycles. The summed E-state index contributed by atoms with van der Waals surface area (Å²) < 4.78 is 24.5. The molecule has 1 heterocycles. The third-order valence-electron chi connectivity index (χ3n) is 5.83. The normalized spacial score (nSPS) is 12.3. The molecular formula is C27H23Cl2NO3S2. The third-order valence-corrected chi connectivity index (χ3v) is 9.34. The molecule has 1 amide bonds. The molecule has 3 aromatic carbocycles. The first-order valence-electron chi connectivity index (χ1n) is 10.9. The molecule has 0 fully saturated rings. The molecule has 180 valence electrons. The lowest BCUT2D eigenvalue weighted by Crippen LogP contribution is -2.22. The summed E-state index contributed by atoms with van der Waals surface area (Å²) in [6.45, 7) is 3.39. The Hall–Kier alpha value is -2.64. The van der Waals surface area contributed by atoms with Crippen LogP contribution in [0.1, 0.15) is 29.5 Å². The molecule has 4 nitrogen and oxygen atoms in total. The van der Waals surface area contributed by atoms with E-state index in [9.17, 15) is 13.2 Å². The molecule has 4 rings (SSSR count). The highest BCUT2D eigenvalue weighted by Gasteiger charge is 2.27. The van der Waals surface area contributed by atoms with Gasteiger partial charge in [-0.15, -0.1) is 11.3 Å². The quantitative estimate of drug-likeness (QED) is 0.261. The van der Waals surface area contributed by atoms with E-state index in [0.717, 1.165) is 11.1 Å². The minimum atomic E-state index is -3.36. The van der Waals surface area contributed by atoms with Gasteiger partial charge < -0.3 is 5.32 Å². The molecule has 0 saturated carbocycles. The summed E-state index contributed by atoms with van der Waals surface area (Å²) in [5.74, 6) is -1.04. The number of sulfone groups is 1. The smallest absolute Gasteiger partial charge is 0.237 e. The van der Waals surface area contributed by atoms with Crippen molar-refractivity contribution in [1.29, 1.82) is 0 Å². The van der Waals surface area contributed by atoms with E-state index in [0.29, 0.717) is 31.7 Å². The van der Waals surface area contributed by atoms with Crippen LogP contribution in [-0.4, -0.2) is 20.1 Å². The zero-order valence-corrected chi connectivity index (χ0v) is 22.2. The van der Waals surface area contributed by atoms with Crippen LogP contribution in [0.3, 0.4) is 0 Å². The number of rotatable bonds is 7. The van der Waals surface area contributed by atoms with Gasteiger partial charge in [0.1, 0.15) is 0 Å². The first kappa shape index (κ1) is 25.5. The Bertz CT molecular complexity index is 1460. The van der Waals surface area contributed by atoms with E-state index in [1.807, 2.05) is 41.8 Å². The molecule has 0 aliphatic rings. The molecule has 0 aliphatic carbocycles. The first-order valence-corrected chi connectivity index (χ1v) is 14.2. The van der Waals surface area contributed by atoms with Crippen LogP contribution in [0, 0.1) is 6.92 Å². The number of anilines is 1. The highest BCUT2D eigenvalue weighted by molar-refractivity contribution is 7.91. The molecule has 8 heteroatoms. The molecule has 1 unspecified atom stereocenters. The van der Waals surface area contributed by atoms with Gasteiger partial charge in [0.05, 0.1) is 21.6 Å². The monoisotopic (exact) mass is 543 g/mol. The topological polar surface area (TPSA) is 63.2 Å². The molecule has 4 aromatic rings. The van der Waals surface area contributed by atoms with E-state index in [-0.39, 0.29) is 16.6 Å². The van der Waals surface area contributed by atoms with Gasteiger partial charge in [0.2, 0.25) is 5.91 Å². The van der Waals surface area contributed by atoms with E-state index in [1.54, 1.807) is 38.1 Å². The SMILES string of the molecule is CCS(=O)(=O)c1ccc(C(C(=O)Nc2cc(-c3ccccc3)cs2)c2ccc(Cl)c(C)c2Cl)cc1. The molecule has 0 spiro atoms. The standard InChI is InChI=1S/C27H23Cl2NO3S2/c1-3-35(32,33)21-11-9-19(10-12-21)25(22-13-14-23(28)17(2)26(22)29)27(31)30-24-15-20(16-34-24)18-7-5-4-6-8-18/h4-16,25H,3H2,1-2H3,(H,30,31). The minimum absolute atomic E-state index is 0.000589. The molecule has 1 N–H and O–H groups in total. The maximum Gasteiger partial charge on any atom is 0.237 e. The summed E-state index contributed by atoms with van der Waals surface area (Å²) >= 11 is 14.3. The van der Waals surface area contributed by atoms with Gasteiger partial charge in [-0.1, -0.05) is 78.7 Å². The van der Waals surface area contributed by atoms with E-state index >= 15 is 0 Å². The molecule has 0 saturated heterocycles. The second-order valence-electron chi connectivity index (χ2n) is 8.04. The van der Waals surface area contributed by atoms with Crippen molar-refractivity contribution in [2.24, 2.45) is 0 Å². The van der Waals surface area contributed by atoms with Gasteiger partial charge in [0.25, 0.3) is 0 Å². The number of thiophene rings is 1. The van der Waals surface area contributed by atoms with Gasteiger partial charge in [0, 0.05) is 15.4 Å². The molecule has 1 atom stereocenters. The van der Waals surface area contributed by atoms with Crippen molar-refractivity contribution in [2.45, 2.75) is 24.7 Å². The predicted octanol–water partition coefficient (Wildman–Crippen LogP) is 7.59. The van der Waals surface area contributed by atoms with Crippen LogP contribution in [0.5, 0.6) is 0 Å². The van der Waals surface area contributed by atoms with Gasteiger partial charge in [0.15, 0.2) is 9.84 Å². The summed E-state index contributed by atoms with van der Waals surface area (Å²) in [6.07, 6.45) is 0. The van der Waals surface area contributed by atoms with Crippen LogP contribution < -0.4 is 5.32 Å². The number of hydrogen-bond acceptors (Lipinski definition) is 4. The van der Waals surface area contributed by atoms with Crippen molar-refractivity contribution < 1.29 is 13.2 Å². The number of benzene rings is 3. The highest BCUT2D eigenvalue weighted by atomic mass is 35.5. The number of hydrogen-bond donors (Lipinski definition) is 1. The van der Waals surface area contributed by atoms with E-state index < -0.39 is 15.8 Å². The number of carbonyl (C=O) groups is 1. The second kappa shape index (κ2) is 10.5. The van der Waals surface area contributed by atoms with Crippen LogP contribution in [0.25, 0.3) is 11.1 Å². The summed E-state index contributed by atoms with van der Waals surface area (Å²) in [5, 5.41) is 6.62. The molecule has 35 heavy (non-hydrogen) atoms. The minimum Gasteiger partial charge on any atom is -0.317 e. The number of halogens is 2. The van der Waals surface area contributed by atoms with Crippen LogP contribution in [0.2, 0.25) is 10.0 Å². The molecule has 0 bridgehead atoms. The fourth-order valence-electron chi connectivity index (χ4n) is 3.79. The number of carbonyl (C=O) groups excluding carboxylic acids is 1. The van der Waals surface area contributed by atoms with Crippen molar-refractivity contribution in [3.63, 3.8) is 0 Å². The van der Waals surface area contributed by atoms with Crippen LogP contribution >= 0.6 is 34.5 Å². The Balaban J connectivity index is 1.72. The lowest BCUT2D eigenvalue weighted by atomic mass is 9.89. The third kappa shape index (κ3) is 5.46. The van der Waals surface area contributed by atoms with Crippen LogP contribution in [0.15, 0.2) is 83.1 Å². The lowest BCUT2D eigenvalue weighted by molar-refractivity contribution is -0.116. The largest absolute Gasteiger partial charge is 0.317 e. The van der Waals surface area contributed by atoms with E-state index in [4.69, 9.17) is 23.2 Å². The van der Waals surface area contributed by atoms with E-state index in [2.05, 4.69) is 5.32 Å². The van der Waals surface area contributed by atoms with Crippen molar-refractivity contribution in [3.05, 3.63) is 105 Å². The summed E-state index contributed by atoms with van der Waals surface area (Å²) in [4.78, 5) is 13.8. The summed E-state index contributed by atoms with van der Waals surface area (Å²) in [5.41, 5.74) is 3.97. The van der Waals surface area contributed by atoms with Crippen LogP contribution in [0.4, 0.5) is 5.00 Å². The highest BCUT2D eigenvalue weighted by Crippen LogP contribution is 2.37. The van der Waals surface area contributed by atoms with Gasteiger partial charge in [-0.3, -0.25) is 4.79 Å². The van der Waals surface area contributed by atoms with Gasteiger partial charge >= 0.3 is 0 Å². The maximum absolute atomic E-state index is 13.6. The summed E-state index contributed by atoms with van der Waals surface area (Å²) in [7, 11) is -3.36. The Morgan fingerprint density at radius 2 is 1.66 bits per heavy atom. The van der Waals surface area contributed by atoms with Crippen molar-refractivity contribution in [2.75, 3.05) is 11.1 Å². The second-order valence-corrected chi connectivity index (χ2v) is 12.0. The molecule has 1 aromatic heterocycles. The first-order chi connectivity index (χ1) is 16.7. The average molecular weight is 545 g/mol. The average Bonchev–Trinajstić information content (AvgIpc) is 3.33. The Labute approximate surface area is 219 Å². The number of amides is 1. The Morgan fingerprint density at radius 1 is 0.971 bits per heavy atom. The zero-order chi connectivity index (χ0) is 25.2. The fourth-order valence-corrected chi connectivity index (χ4v) is 5.97. The van der Waals surface area contributed by atoms with Gasteiger partial charge in [-0.25, -0.2) is 8.42 Å². The molecule has 0 radical (unpaired) electrons. The summed E-state index contributed by atoms with van der Waals surface area (Å²) in [6, 6.07) is 21.7. The van der Waals surface area contributed by atoms with Gasteiger partial charge in [-0.05, 0) is 59.0 Å². The van der Waals surface area contributed by atoms with Crippen molar-refractivity contribution in [3.8, 4) is 11.1 Å². The van der Waals surface area contributed by atoms with Gasteiger partial charge in [-0.2, -0.15) is 0 Å². The van der Waals surface area contributed by atoms with E-state index in [1.165, 1.54) is 23.5 Å². The van der Waals surface area contributed by atoms with Crippen molar-refractivity contribution >= 4 is 55.3 Å². The fraction of sp³-hybridized carbons (Fsp3) is 0.148. The number of nitrogens with one attached hydrogen (secondary N) is 1. The zero-order valence-electron chi connectivity index (χ0n) is 19.1. The van der Waals surface area contributed by atoms with Crippen LogP contribution in [-0.2, 0) is 14.6 Å². The Morgan fingerprint density at radius 3 is 2.31 bits per heavy atom. The lowest BCUT2D eigenvalue weighted by Gasteiger charge is -2.20. The maximum atomic E-state index is 13.6. The predicted molar refractivity (Wildman–Crippen MR) is 146 cm³/mol.